The summed E-state index contributed by atoms with van der Waals surface area (Å²) >= 11 is 3.45. The first kappa shape index (κ1) is 16.0. The minimum Gasteiger partial charge on any atom is -0.388 e. The largest absolute Gasteiger partial charge is 0.388 e. The quantitative estimate of drug-likeness (QED) is 0.862. The van der Waals surface area contributed by atoms with Gasteiger partial charge in [-0.1, -0.05) is 28.1 Å². The molecule has 0 bridgehead atoms. The number of aliphatic hydroxyl groups is 1. The Balaban J connectivity index is 1.74. The van der Waals surface area contributed by atoms with Gasteiger partial charge in [0, 0.05) is 24.1 Å². The molecule has 1 aromatic rings. The fourth-order valence-corrected chi connectivity index (χ4v) is 3.35. The molecule has 0 saturated carbocycles. The third-order valence-corrected chi connectivity index (χ3v) is 4.57. The zero-order chi connectivity index (χ0) is 14.5. The first-order valence-electron chi connectivity index (χ1n) is 7.35. The van der Waals surface area contributed by atoms with Crippen molar-refractivity contribution in [2.75, 3.05) is 40.3 Å². The van der Waals surface area contributed by atoms with Crippen LogP contribution in [0.25, 0.3) is 0 Å². The number of halogens is 1. The predicted molar refractivity (Wildman–Crippen MR) is 86.8 cm³/mol. The molecule has 2 rings (SSSR count). The summed E-state index contributed by atoms with van der Waals surface area (Å²) in [4.78, 5) is 4.75. The lowest BCUT2D eigenvalue weighted by atomic mass is 10.1. The average Bonchev–Trinajstić information content (AvgIpc) is 2.81. The first-order chi connectivity index (χ1) is 9.54. The Morgan fingerprint density at radius 2 is 2.30 bits per heavy atom. The van der Waals surface area contributed by atoms with Crippen molar-refractivity contribution < 1.29 is 5.11 Å². The van der Waals surface area contributed by atoms with Gasteiger partial charge in [0.15, 0.2) is 0 Å². The Hall–Kier alpha value is -0.420. The summed E-state index contributed by atoms with van der Waals surface area (Å²) in [5, 5.41) is 10.2. The van der Waals surface area contributed by atoms with Crippen molar-refractivity contribution in [3.05, 3.63) is 34.3 Å². The molecule has 1 N–H and O–H groups in total. The van der Waals surface area contributed by atoms with Gasteiger partial charge in [-0.2, -0.15) is 0 Å². The highest BCUT2D eigenvalue weighted by molar-refractivity contribution is 9.10. The van der Waals surface area contributed by atoms with Gasteiger partial charge in [0.05, 0.1) is 6.10 Å². The van der Waals surface area contributed by atoms with Gasteiger partial charge < -0.3 is 14.9 Å². The van der Waals surface area contributed by atoms with Crippen LogP contribution in [0.5, 0.6) is 0 Å². The second-order valence-corrected chi connectivity index (χ2v) is 6.95. The SMILES string of the molecule is CN1CCC(CN(C)CCC(O)c2cccc(Br)c2)C1. The van der Waals surface area contributed by atoms with E-state index in [1.807, 2.05) is 24.3 Å². The number of hydrogen-bond donors (Lipinski definition) is 1. The monoisotopic (exact) mass is 340 g/mol. The number of likely N-dealkylation sites (tertiary alicyclic amines) is 1. The van der Waals surface area contributed by atoms with Gasteiger partial charge in [-0.05, 0) is 57.1 Å². The van der Waals surface area contributed by atoms with E-state index < -0.39 is 0 Å². The summed E-state index contributed by atoms with van der Waals surface area (Å²) in [7, 11) is 4.35. The van der Waals surface area contributed by atoms with Gasteiger partial charge in [0.2, 0.25) is 0 Å². The number of benzene rings is 1. The van der Waals surface area contributed by atoms with Crippen LogP contribution in [0, 0.1) is 5.92 Å². The zero-order valence-electron chi connectivity index (χ0n) is 12.4. The predicted octanol–water partition coefficient (Wildman–Crippen LogP) is 2.76. The molecule has 1 aliphatic rings. The van der Waals surface area contributed by atoms with Gasteiger partial charge in [-0.15, -0.1) is 0 Å². The standard InChI is InChI=1S/C16H25BrN2O/c1-18-8-6-13(11-18)12-19(2)9-7-16(20)14-4-3-5-15(17)10-14/h3-5,10,13,16,20H,6-9,11-12H2,1-2H3. The lowest BCUT2D eigenvalue weighted by molar-refractivity contribution is 0.144. The van der Waals surface area contributed by atoms with Crippen molar-refractivity contribution in [2.24, 2.45) is 5.92 Å². The fourth-order valence-electron chi connectivity index (χ4n) is 2.93. The Kier molecular flexibility index (Phi) is 6.02. The van der Waals surface area contributed by atoms with Crippen LogP contribution in [-0.4, -0.2) is 55.2 Å². The second kappa shape index (κ2) is 7.55. The van der Waals surface area contributed by atoms with E-state index in [4.69, 9.17) is 0 Å². The molecular weight excluding hydrogens is 316 g/mol. The van der Waals surface area contributed by atoms with Crippen LogP contribution < -0.4 is 0 Å². The first-order valence-corrected chi connectivity index (χ1v) is 8.14. The Morgan fingerprint density at radius 1 is 1.50 bits per heavy atom. The Labute approximate surface area is 130 Å². The smallest absolute Gasteiger partial charge is 0.0802 e. The molecule has 1 aromatic carbocycles. The molecule has 112 valence electrons. The summed E-state index contributed by atoms with van der Waals surface area (Å²) in [5.41, 5.74) is 0.994. The highest BCUT2D eigenvalue weighted by Crippen LogP contribution is 2.21. The number of hydrogen-bond acceptors (Lipinski definition) is 3. The maximum atomic E-state index is 10.2. The van der Waals surface area contributed by atoms with Crippen molar-refractivity contribution in [3.8, 4) is 0 Å². The van der Waals surface area contributed by atoms with Gasteiger partial charge >= 0.3 is 0 Å². The van der Waals surface area contributed by atoms with Crippen molar-refractivity contribution in [2.45, 2.75) is 18.9 Å². The molecule has 20 heavy (non-hydrogen) atoms. The van der Waals surface area contributed by atoms with Gasteiger partial charge in [-0.3, -0.25) is 0 Å². The van der Waals surface area contributed by atoms with Crippen molar-refractivity contribution in [3.63, 3.8) is 0 Å². The average molecular weight is 341 g/mol. The summed E-state index contributed by atoms with van der Waals surface area (Å²) < 4.78 is 1.02. The van der Waals surface area contributed by atoms with Crippen molar-refractivity contribution in [1.82, 2.24) is 9.80 Å². The van der Waals surface area contributed by atoms with E-state index in [0.717, 1.165) is 35.5 Å². The molecule has 0 spiro atoms. The highest BCUT2D eigenvalue weighted by Gasteiger charge is 2.20. The lowest BCUT2D eigenvalue weighted by Gasteiger charge is -2.22. The van der Waals surface area contributed by atoms with Crippen molar-refractivity contribution >= 4 is 15.9 Å². The molecule has 1 saturated heterocycles. The van der Waals surface area contributed by atoms with Crippen LogP contribution in [0.15, 0.2) is 28.7 Å². The summed E-state index contributed by atoms with van der Waals surface area (Å²) in [6.45, 7) is 4.50. The number of nitrogens with zero attached hydrogens (tertiary/aromatic N) is 2. The van der Waals surface area contributed by atoms with Gasteiger partial charge in [0.1, 0.15) is 0 Å². The van der Waals surface area contributed by atoms with E-state index >= 15 is 0 Å². The minimum absolute atomic E-state index is 0.374. The van der Waals surface area contributed by atoms with Crippen LogP contribution in [0.2, 0.25) is 0 Å². The van der Waals surface area contributed by atoms with Crippen LogP contribution >= 0.6 is 15.9 Å². The van der Waals surface area contributed by atoms with E-state index in [9.17, 15) is 5.11 Å². The fraction of sp³-hybridized carbons (Fsp3) is 0.625. The third kappa shape index (κ3) is 4.85. The molecule has 1 heterocycles. The van der Waals surface area contributed by atoms with E-state index in [1.54, 1.807) is 0 Å². The second-order valence-electron chi connectivity index (χ2n) is 6.04. The number of rotatable bonds is 6. The van der Waals surface area contributed by atoms with E-state index in [-0.39, 0.29) is 6.10 Å². The van der Waals surface area contributed by atoms with Crippen LogP contribution in [0.1, 0.15) is 24.5 Å². The van der Waals surface area contributed by atoms with Crippen LogP contribution in [0.4, 0.5) is 0 Å². The zero-order valence-corrected chi connectivity index (χ0v) is 14.0. The van der Waals surface area contributed by atoms with Gasteiger partial charge in [0.25, 0.3) is 0 Å². The molecule has 2 atom stereocenters. The van der Waals surface area contributed by atoms with Gasteiger partial charge in [-0.25, -0.2) is 0 Å². The maximum absolute atomic E-state index is 10.2. The molecule has 0 aliphatic carbocycles. The molecule has 0 radical (unpaired) electrons. The highest BCUT2D eigenvalue weighted by atomic mass is 79.9. The van der Waals surface area contributed by atoms with E-state index in [1.165, 1.54) is 19.5 Å². The van der Waals surface area contributed by atoms with Crippen LogP contribution in [0.3, 0.4) is 0 Å². The van der Waals surface area contributed by atoms with E-state index in [2.05, 4.69) is 39.8 Å². The topological polar surface area (TPSA) is 26.7 Å². The summed E-state index contributed by atoms with van der Waals surface area (Å²) in [6, 6.07) is 7.94. The van der Waals surface area contributed by atoms with E-state index in [0.29, 0.717) is 0 Å². The molecule has 0 amide bonds. The molecule has 0 aromatic heterocycles. The molecule has 4 heteroatoms. The lowest BCUT2D eigenvalue weighted by Crippen LogP contribution is -2.29. The molecule has 3 nitrogen and oxygen atoms in total. The summed E-state index contributed by atoms with van der Waals surface area (Å²) in [6.07, 6.45) is 1.71. The minimum atomic E-state index is -0.374. The third-order valence-electron chi connectivity index (χ3n) is 4.08. The Morgan fingerprint density at radius 3 is 2.95 bits per heavy atom. The molecule has 1 aliphatic heterocycles. The molecular formula is C16H25BrN2O. The normalized spacial score (nSPS) is 21.6. The number of aliphatic hydroxyl groups excluding tert-OH is 1. The van der Waals surface area contributed by atoms with Crippen molar-refractivity contribution in [1.29, 1.82) is 0 Å². The maximum Gasteiger partial charge on any atom is 0.0802 e. The molecule has 1 fully saturated rings. The summed E-state index contributed by atoms with van der Waals surface area (Å²) in [5.74, 6) is 0.785. The molecule has 2 unspecified atom stereocenters. The van der Waals surface area contributed by atoms with Crippen LogP contribution in [-0.2, 0) is 0 Å². The Bertz CT molecular complexity index is 427.